The number of carbonyl (C=O) groups excluding carboxylic acids is 1. The van der Waals surface area contributed by atoms with Gasteiger partial charge in [-0.15, -0.1) is 0 Å². The monoisotopic (exact) mass is 554 g/mol. The summed E-state index contributed by atoms with van der Waals surface area (Å²) < 4.78 is 15.4. The van der Waals surface area contributed by atoms with E-state index in [9.17, 15) is 9.18 Å². The lowest BCUT2D eigenvalue weighted by atomic mass is 10.1. The van der Waals surface area contributed by atoms with Crippen molar-refractivity contribution in [2.24, 2.45) is 5.92 Å². The Labute approximate surface area is 231 Å². The molecule has 4 aromatic rings. The van der Waals surface area contributed by atoms with E-state index in [-0.39, 0.29) is 11.7 Å². The molecule has 1 saturated heterocycles. The van der Waals surface area contributed by atoms with Crippen LogP contribution < -0.4 is 4.90 Å². The number of rotatable bonds is 6. The van der Waals surface area contributed by atoms with Gasteiger partial charge in [0.25, 0.3) is 5.91 Å². The van der Waals surface area contributed by atoms with Crippen molar-refractivity contribution < 1.29 is 9.18 Å². The van der Waals surface area contributed by atoms with Gasteiger partial charge in [0.1, 0.15) is 17.5 Å². The molecule has 2 aromatic heterocycles. The lowest BCUT2D eigenvalue weighted by Gasteiger charge is -2.36. The summed E-state index contributed by atoms with van der Waals surface area (Å²) in [6.45, 7) is 8.55. The molecule has 5 rings (SSSR count). The number of fused-ring (bicyclic) bond motifs is 1. The summed E-state index contributed by atoms with van der Waals surface area (Å²) in [7, 11) is 0. The Bertz CT molecular complexity index is 1480. The van der Waals surface area contributed by atoms with Gasteiger partial charge in [-0.1, -0.05) is 37.0 Å². The molecule has 1 aliphatic rings. The number of hydrogen-bond acceptors (Lipinski definition) is 5. The fourth-order valence-corrected chi connectivity index (χ4v) is 5.17. The number of anilines is 1. The highest BCUT2D eigenvalue weighted by Crippen LogP contribution is 2.31. The number of aromatic nitrogens is 4. The lowest BCUT2D eigenvalue weighted by molar-refractivity contribution is 0.0746. The van der Waals surface area contributed by atoms with Crippen LogP contribution in [0.4, 0.5) is 10.2 Å². The minimum Gasteiger partial charge on any atom is -0.352 e. The van der Waals surface area contributed by atoms with E-state index in [0.29, 0.717) is 53.4 Å². The molecular weight excluding hydrogens is 526 g/mol. The fourth-order valence-electron chi connectivity index (χ4n) is 4.68. The summed E-state index contributed by atoms with van der Waals surface area (Å²) >= 11 is 12.3. The molecule has 38 heavy (non-hydrogen) atoms. The topological polar surface area (TPSA) is 67.2 Å². The predicted molar refractivity (Wildman–Crippen MR) is 149 cm³/mol. The Balaban J connectivity index is 1.47. The lowest BCUT2D eigenvalue weighted by Crippen LogP contribution is -2.49. The molecule has 0 unspecified atom stereocenters. The van der Waals surface area contributed by atoms with Crippen LogP contribution in [-0.2, 0) is 6.42 Å². The van der Waals surface area contributed by atoms with Gasteiger partial charge < -0.3 is 9.80 Å². The van der Waals surface area contributed by atoms with Crippen molar-refractivity contribution in [3.63, 3.8) is 0 Å². The molecule has 198 valence electrons. The predicted octanol–water partition coefficient (Wildman–Crippen LogP) is 6.12. The highest BCUT2D eigenvalue weighted by atomic mass is 35.5. The second-order valence-corrected chi connectivity index (χ2v) is 10.8. The Hall–Kier alpha value is -3.23. The van der Waals surface area contributed by atoms with Gasteiger partial charge in [0.15, 0.2) is 5.65 Å². The van der Waals surface area contributed by atoms with Gasteiger partial charge in [-0.3, -0.25) is 4.79 Å². The number of piperazine rings is 1. The molecule has 1 amide bonds. The van der Waals surface area contributed by atoms with E-state index < -0.39 is 0 Å². The Morgan fingerprint density at radius 3 is 2.39 bits per heavy atom. The molecule has 0 bridgehead atoms. The number of nitrogens with zero attached hydrogens (tertiary/aromatic N) is 6. The molecule has 7 nitrogen and oxygen atoms in total. The Morgan fingerprint density at radius 1 is 1.03 bits per heavy atom. The molecule has 3 heterocycles. The van der Waals surface area contributed by atoms with Gasteiger partial charge in [-0.25, -0.2) is 19.0 Å². The van der Waals surface area contributed by atoms with E-state index in [1.165, 1.54) is 12.1 Å². The van der Waals surface area contributed by atoms with Crippen molar-refractivity contribution in [3.05, 3.63) is 75.4 Å². The molecule has 0 N–H and O–H groups in total. The largest absolute Gasteiger partial charge is 0.352 e. The van der Waals surface area contributed by atoms with Crippen LogP contribution in [0.5, 0.6) is 0 Å². The van der Waals surface area contributed by atoms with Gasteiger partial charge in [0.05, 0.1) is 27.4 Å². The van der Waals surface area contributed by atoms with Crippen molar-refractivity contribution in [2.45, 2.75) is 33.6 Å². The van der Waals surface area contributed by atoms with E-state index in [1.54, 1.807) is 39.9 Å². The van der Waals surface area contributed by atoms with E-state index >= 15 is 0 Å². The number of halogens is 3. The summed E-state index contributed by atoms with van der Waals surface area (Å²) in [4.78, 5) is 27.0. The zero-order valence-corrected chi connectivity index (χ0v) is 23.1. The summed E-state index contributed by atoms with van der Waals surface area (Å²) in [6, 6.07) is 11.2. The highest BCUT2D eigenvalue weighted by molar-refractivity contribution is 6.36. The first-order chi connectivity index (χ1) is 18.2. The van der Waals surface area contributed by atoms with Crippen LogP contribution in [0.2, 0.25) is 10.0 Å². The number of aryl methyl sites for hydroxylation is 2. The first-order valence-electron chi connectivity index (χ1n) is 12.7. The minimum atomic E-state index is -0.304. The minimum absolute atomic E-state index is 0.114. The average Bonchev–Trinajstić information content (AvgIpc) is 3.23. The van der Waals surface area contributed by atoms with Gasteiger partial charge in [0, 0.05) is 37.6 Å². The van der Waals surface area contributed by atoms with Gasteiger partial charge >= 0.3 is 0 Å². The standard InChI is InChI=1S/C28H29Cl2FN6O/c1-17(2)4-11-24-32-26(25-18(3)34-37(27(25)33-24)21-8-6-20(31)7-9-21)35-12-14-36(15-13-35)28(38)22-10-5-19(29)16-23(22)30/h5-10,16-17H,4,11-15H2,1-3H3. The molecule has 10 heteroatoms. The third-order valence-electron chi connectivity index (χ3n) is 6.77. The van der Waals surface area contributed by atoms with Crippen LogP contribution in [0.3, 0.4) is 0 Å². The molecule has 0 saturated carbocycles. The van der Waals surface area contributed by atoms with Crippen molar-refractivity contribution in [1.82, 2.24) is 24.6 Å². The molecule has 1 aliphatic heterocycles. The fraction of sp³-hybridized carbons (Fsp3) is 0.357. The van der Waals surface area contributed by atoms with Crippen LogP contribution in [-0.4, -0.2) is 56.7 Å². The second-order valence-electron chi connectivity index (χ2n) is 9.97. The van der Waals surface area contributed by atoms with Crippen LogP contribution in [0, 0.1) is 18.7 Å². The SMILES string of the molecule is Cc1nn(-c2ccc(F)cc2)c2nc(CCC(C)C)nc(N3CCN(C(=O)c4ccc(Cl)cc4Cl)CC3)c12. The van der Waals surface area contributed by atoms with Gasteiger partial charge in [-0.05, 0) is 61.7 Å². The summed E-state index contributed by atoms with van der Waals surface area (Å²) in [5.41, 5.74) is 2.67. The van der Waals surface area contributed by atoms with Crippen molar-refractivity contribution in [1.29, 1.82) is 0 Å². The molecule has 0 spiro atoms. The Kier molecular flexibility index (Phi) is 7.54. The molecule has 1 fully saturated rings. The summed E-state index contributed by atoms with van der Waals surface area (Å²) in [5.74, 6) is 1.65. The molecule has 0 aliphatic carbocycles. The maximum Gasteiger partial charge on any atom is 0.255 e. The molecule has 2 aromatic carbocycles. The third-order valence-corrected chi connectivity index (χ3v) is 7.32. The van der Waals surface area contributed by atoms with Crippen LogP contribution in [0.25, 0.3) is 16.7 Å². The maximum absolute atomic E-state index is 13.6. The van der Waals surface area contributed by atoms with Crippen molar-refractivity contribution in [2.75, 3.05) is 31.1 Å². The molecule has 0 radical (unpaired) electrons. The van der Waals surface area contributed by atoms with Crippen molar-refractivity contribution in [3.8, 4) is 5.69 Å². The highest BCUT2D eigenvalue weighted by Gasteiger charge is 2.27. The number of hydrogen-bond donors (Lipinski definition) is 0. The van der Waals surface area contributed by atoms with Crippen LogP contribution in [0.15, 0.2) is 42.5 Å². The number of carbonyl (C=O) groups is 1. The van der Waals surface area contributed by atoms with Crippen LogP contribution >= 0.6 is 23.2 Å². The maximum atomic E-state index is 13.6. The van der Waals surface area contributed by atoms with E-state index in [4.69, 9.17) is 38.3 Å². The summed E-state index contributed by atoms with van der Waals surface area (Å²) in [6.07, 6.45) is 1.69. The number of amides is 1. The molecule has 0 atom stereocenters. The van der Waals surface area contributed by atoms with E-state index in [1.807, 2.05) is 6.92 Å². The zero-order valence-electron chi connectivity index (χ0n) is 21.6. The first kappa shape index (κ1) is 26.4. The van der Waals surface area contributed by atoms with Crippen molar-refractivity contribution >= 4 is 46.0 Å². The zero-order chi connectivity index (χ0) is 27.0. The Morgan fingerprint density at radius 2 is 1.74 bits per heavy atom. The first-order valence-corrected chi connectivity index (χ1v) is 13.5. The quantitative estimate of drug-likeness (QED) is 0.287. The second kappa shape index (κ2) is 10.9. The average molecular weight is 555 g/mol. The van der Waals surface area contributed by atoms with Crippen LogP contribution in [0.1, 0.15) is 42.1 Å². The molecular formula is C28H29Cl2FN6O. The number of benzene rings is 2. The van der Waals surface area contributed by atoms with E-state index in [2.05, 4.69) is 18.7 Å². The smallest absolute Gasteiger partial charge is 0.255 e. The third kappa shape index (κ3) is 5.33. The van der Waals surface area contributed by atoms with Gasteiger partial charge in [0.2, 0.25) is 0 Å². The normalized spacial score (nSPS) is 14.1. The van der Waals surface area contributed by atoms with Gasteiger partial charge in [-0.2, -0.15) is 5.10 Å². The summed E-state index contributed by atoms with van der Waals surface area (Å²) in [5, 5.41) is 6.46. The van der Waals surface area contributed by atoms with E-state index in [0.717, 1.165) is 41.3 Å².